The van der Waals surface area contributed by atoms with Gasteiger partial charge in [0.05, 0.1) is 7.11 Å². The van der Waals surface area contributed by atoms with E-state index in [4.69, 9.17) is 9.26 Å². The molecule has 0 aliphatic rings. The summed E-state index contributed by atoms with van der Waals surface area (Å²) in [7, 11) is 1.41. The van der Waals surface area contributed by atoms with E-state index in [1.54, 1.807) is 26.0 Å². The standard InChI is InChI=1S/C15H18FN3O3/c1-9(15-18-10(2)19-22-15)17-14(20)7-5-11-4-6-13(21-3)12(16)8-11/h4,6,8-9H,5,7H2,1-3H3,(H,17,20)/t9-/m0/s1. The largest absolute Gasteiger partial charge is 0.494 e. The second kappa shape index (κ2) is 7.02. The highest BCUT2D eigenvalue weighted by molar-refractivity contribution is 5.76. The molecule has 1 N–H and O–H groups in total. The van der Waals surface area contributed by atoms with Gasteiger partial charge in [-0.1, -0.05) is 11.2 Å². The number of hydrogen-bond donors (Lipinski definition) is 1. The van der Waals surface area contributed by atoms with Crippen LogP contribution < -0.4 is 10.1 Å². The zero-order valence-corrected chi connectivity index (χ0v) is 12.7. The van der Waals surface area contributed by atoms with Gasteiger partial charge in [0.2, 0.25) is 11.8 Å². The number of aromatic nitrogens is 2. The van der Waals surface area contributed by atoms with Crippen molar-refractivity contribution in [1.82, 2.24) is 15.5 Å². The van der Waals surface area contributed by atoms with Crippen LogP contribution in [0.25, 0.3) is 0 Å². The number of nitrogens with one attached hydrogen (secondary N) is 1. The van der Waals surface area contributed by atoms with Crippen molar-refractivity contribution >= 4 is 5.91 Å². The van der Waals surface area contributed by atoms with Crippen LogP contribution in [0.4, 0.5) is 4.39 Å². The Labute approximate surface area is 127 Å². The average Bonchev–Trinajstić information content (AvgIpc) is 2.92. The predicted molar refractivity (Wildman–Crippen MR) is 76.9 cm³/mol. The zero-order valence-electron chi connectivity index (χ0n) is 12.7. The minimum absolute atomic E-state index is 0.167. The van der Waals surface area contributed by atoms with Crippen LogP contribution in [0.15, 0.2) is 22.7 Å². The highest BCUT2D eigenvalue weighted by Gasteiger charge is 2.15. The summed E-state index contributed by atoms with van der Waals surface area (Å²) in [6.07, 6.45) is 0.672. The lowest BCUT2D eigenvalue weighted by molar-refractivity contribution is -0.121. The first-order valence-corrected chi connectivity index (χ1v) is 6.91. The maximum atomic E-state index is 13.6. The molecule has 2 rings (SSSR count). The number of aryl methyl sites for hydroxylation is 2. The van der Waals surface area contributed by atoms with Gasteiger partial charge in [-0.25, -0.2) is 4.39 Å². The van der Waals surface area contributed by atoms with Gasteiger partial charge in [-0.15, -0.1) is 0 Å². The molecule has 1 heterocycles. The molecule has 0 saturated carbocycles. The van der Waals surface area contributed by atoms with E-state index >= 15 is 0 Å². The van der Waals surface area contributed by atoms with E-state index in [1.807, 2.05) is 0 Å². The Bertz CT molecular complexity index is 657. The van der Waals surface area contributed by atoms with Crippen LogP contribution in [-0.2, 0) is 11.2 Å². The van der Waals surface area contributed by atoms with Crippen molar-refractivity contribution in [2.24, 2.45) is 0 Å². The van der Waals surface area contributed by atoms with Gasteiger partial charge in [-0.2, -0.15) is 4.98 Å². The Morgan fingerprint density at radius 2 is 2.27 bits per heavy atom. The van der Waals surface area contributed by atoms with Crippen LogP contribution in [0.3, 0.4) is 0 Å². The van der Waals surface area contributed by atoms with Gasteiger partial charge in [-0.3, -0.25) is 4.79 Å². The van der Waals surface area contributed by atoms with Crippen LogP contribution in [0.5, 0.6) is 5.75 Å². The van der Waals surface area contributed by atoms with Crippen molar-refractivity contribution in [2.45, 2.75) is 32.7 Å². The molecule has 0 unspecified atom stereocenters. The molecule has 0 aliphatic heterocycles. The molecule has 118 valence electrons. The highest BCUT2D eigenvalue weighted by Crippen LogP contribution is 2.18. The summed E-state index contributed by atoms with van der Waals surface area (Å²) in [5.74, 6) is 0.467. The molecule has 7 heteroatoms. The number of methoxy groups -OCH3 is 1. The second-order valence-electron chi connectivity index (χ2n) is 4.94. The fourth-order valence-electron chi connectivity index (χ4n) is 1.99. The molecular formula is C15H18FN3O3. The first-order valence-electron chi connectivity index (χ1n) is 6.91. The summed E-state index contributed by atoms with van der Waals surface area (Å²) in [6.45, 7) is 3.47. The van der Waals surface area contributed by atoms with E-state index in [9.17, 15) is 9.18 Å². The molecule has 22 heavy (non-hydrogen) atoms. The number of carbonyl (C=O) groups is 1. The summed E-state index contributed by atoms with van der Waals surface area (Å²) < 4.78 is 23.4. The normalized spacial score (nSPS) is 12.0. The van der Waals surface area contributed by atoms with E-state index in [-0.39, 0.29) is 24.1 Å². The first kappa shape index (κ1) is 15.9. The number of ether oxygens (including phenoxy) is 1. The Hall–Kier alpha value is -2.44. The van der Waals surface area contributed by atoms with Crippen molar-refractivity contribution < 1.29 is 18.4 Å². The number of nitrogens with zero attached hydrogens (tertiary/aromatic N) is 2. The topological polar surface area (TPSA) is 77.2 Å². The number of amides is 1. The van der Waals surface area contributed by atoms with Crippen molar-refractivity contribution in [3.63, 3.8) is 0 Å². The van der Waals surface area contributed by atoms with Crippen LogP contribution in [0.2, 0.25) is 0 Å². The third-order valence-corrected chi connectivity index (χ3v) is 3.15. The third kappa shape index (κ3) is 4.03. The number of benzene rings is 1. The third-order valence-electron chi connectivity index (χ3n) is 3.15. The minimum atomic E-state index is -0.435. The fourth-order valence-corrected chi connectivity index (χ4v) is 1.99. The molecular weight excluding hydrogens is 289 g/mol. The molecule has 0 aliphatic carbocycles. The molecule has 6 nitrogen and oxygen atoms in total. The quantitative estimate of drug-likeness (QED) is 0.886. The van der Waals surface area contributed by atoms with Crippen molar-refractivity contribution in [3.8, 4) is 5.75 Å². The lowest BCUT2D eigenvalue weighted by Gasteiger charge is -2.10. The molecule has 0 spiro atoms. The Balaban J connectivity index is 1.86. The van der Waals surface area contributed by atoms with Crippen LogP contribution >= 0.6 is 0 Å². The van der Waals surface area contributed by atoms with Gasteiger partial charge in [-0.05, 0) is 38.0 Å². The number of halogens is 1. The van der Waals surface area contributed by atoms with Gasteiger partial charge in [0.15, 0.2) is 17.4 Å². The van der Waals surface area contributed by atoms with Gasteiger partial charge < -0.3 is 14.6 Å². The van der Waals surface area contributed by atoms with Crippen molar-refractivity contribution in [3.05, 3.63) is 41.3 Å². The lowest BCUT2D eigenvalue weighted by Crippen LogP contribution is -2.27. The summed E-state index contributed by atoms with van der Waals surface area (Å²) in [5, 5.41) is 6.44. The Morgan fingerprint density at radius 1 is 1.50 bits per heavy atom. The maximum absolute atomic E-state index is 13.6. The van der Waals surface area contributed by atoms with Gasteiger partial charge in [0.1, 0.15) is 6.04 Å². The van der Waals surface area contributed by atoms with Crippen molar-refractivity contribution in [1.29, 1.82) is 0 Å². The Morgan fingerprint density at radius 3 is 2.86 bits per heavy atom. The van der Waals surface area contributed by atoms with E-state index < -0.39 is 5.82 Å². The molecule has 2 aromatic rings. The molecule has 0 fully saturated rings. The SMILES string of the molecule is COc1ccc(CCC(=O)N[C@@H](C)c2nc(C)no2)cc1F. The summed E-state index contributed by atoms with van der Waals surface area (Å²) in [4.78, 5) is 16.0. The smallest absolute Gasteiger partial charge is 0.248 e. The molecule has 1 aromatic carbocycles. The Kier molecular flexibility index (Phi) is 5.08. The minimum Gasteiger partial charge on any atom is -0.494 e. The first-order chi connectivity index (χ1) is 10.5. The van der Waals surface area contributed by atoms with Crippen LogP contribution in [0, 0.1) is 12.7 Å². The van der Waals surface area contributed by atoms with Gasteiger partial charge in [0.25, 0.3) is 0 Å². The molecule has 0 bridgehead atoms. The van der Waals surface area contributed by atoms with Crippen molar-refractivity contribution in [2.75, 3.05) is 7.11 Å². The molecule has 1 atom stereocenters. The second-order valence-corrected chi connectivity index (χ2v) is 4.94. The van der Waals surface area contributed by atoms with E-state index in [0.717, 1.165) is 5.56 Å². The lowest BCUT2D eigenvalue weighted by atomic mass is 10.1. The van der Waals surface area contributed by atoms with E-state index in [0.29, 0.717) is 18.1 Å². The number of rotatable bonds is 6. The molecule has 0 radical (unpaired) electrons. The summed E-state index contributed by atoms with van der Waals surface area (Å²) >= 11 is 0. The monoisotopic (exact) mass is 307 g/mol. The van der Waals surface area contributed by atoms with Gasteiger partial charge in [0, 0.05) is 6.42 Å². The zero-order chi connectivity index (χ0) is 16.1. The number of hydrogen-bond acceptors (Lipinski definition) is 5. The van der Waals surface area contributed by atoms with Crippen LogP contribution in [-0.4, -0.2) is 23.2 Å². The summed E-state index contributed by atoms with van der Waals surface area (Å²) in [6, 6.07) is 4.30. The summed E-state index contributed by atoms with van der Waals surface area (Å²) in [5.41, 5.74) is 0.731. The average molecular weight is 307 g/mol. The fraction of sp³-hybridized carbons (Fsp3) is 0.400. The highest BCUT2D eigenvalue weighted by atomic mass is 19.1. The van der Waals surface area contributed by atoms with E-state index in [1.165, 1.54) is 13.2 Å². The molecule has 0 saturated heterocycles. The molecule has 1 aromatic heterocycles. The predicted octanol–water partition coefficient (Wildman–Crippen LogP) is 2.34. The van der Waals surface area contributed by atoms with Crippen LogP contribution in [0.1, 0.15) is 36.7 Å². The van der Waals surface area contributed by atoms with Gasteiger partial charge >= 0.3 is 0 Å². The maximum Gasteiger partial charge on any atom is 0.248 e. The number of carbonyl (C=O) groups excluding carboxylic acids is 1. The molecule has 1 amide bonds. The van der Waals surface area contributed by atoms with E-state index in [2.05, 4.69) is 15.5 Å².